The van der Waals surface area contributed by atoms with Gasteiger partial charge < -0.3 is 14.7 Å². The number of rotatable bonds is 4. The van der Waals surface area contributed by atoms with E-state index in [1.165, 1.54) is 0 Å². The molecule has 0 saturated carbocycles. The van der Waals surface area contributed by atoms with Gasteiger partial charge in [0.1, 0.15) is 5.60 Å². The molecule has 1 heterocycles. The second kappa shape index (κ2) is 7.55. The van der Waals surface area contributed by atoms with Gasteiger partial charge in [-0.3, -0.25) is 0 Å². The molecular weight excluding hydrogens is 254 g/mol. The molecule has 4 nitrogen and oxygen atoms in total. The highest BCUT2D eigenvalue weighted by atomic mass is 16.6. The van der Waals surface area contributed by atoms with Crippen LogP contribution in [0, 0.1) is 5.92 Å². The minimum Gasteiger partial charge on any atom is -0.512 e. The van der Waals surface area contributed by atoms with Gasteiger partial charge in [0.2, 0.25) is 0 Å². The highest BCUT2D eigenvalue weighted by Gasteiger charge is 2.28. The van der Waals surface area contributed by atoms with Crippen LogP contribution in [-0.4, -0.2) is 34.8 Å². The molecule has 0 aromatic carbocycles. The molecule has 1 aliphatic heterocycles. The summed E-state index contributed by atoms with van der Waals surface area (Å²) in [5.41, 5.74) is -0.448. The largest absolute Gasteiger partial charge is 0.512 e. The number of amides is 1. The summed E-state index contributed by atoms with van der Waals surface area (Å²) in [6.07, 6.45) is 6.51. The minimum absolute atomic E-state index is 0.200. The molecule has 0 radical (unpaired) electrons. The van der Waals surface area contributed by atoms with E-state index < -0.39 is 5.60 Å². The molecule has 1 fully saturated rings. The molecule has 4 heteroatoms. The molecule has 0 spiro atoms. The minimum atomic E-state index is -0.448. The lowest BCUT2D eigenvalue weighted by Gasteiger charge is -2.33. The Bertz CT molecular complexity index is 336. The van der Waals surface area contributed by atoms with Crippen LogP contribution in [0.2, 0.25) is 0 Å². The summed E-state index contributed by atoms with van der Waals surface area (Å²) in [4.78, 5) is 13.7. The van der Waals surface area contributed by atoms with Crippen molar-refractivity contribution in [2.75, 3.05) is 13.1 Å². The van der Waals surface area contributed by atoms with Crippen LogP contribution < -0.4 is 0 Å². The number of aliphatic hydroxyl groups is 1. The average molecular weight is 283 g/mol. The molecule has 1 amide bonds. The Balaban J connectivity index is 2.39. The Kier molecular flexibility index (Phi) is 6.37. The van der Waals surface area contributed by atoms with Crippen LogP contribution in [0.25, 0.3) is 0 Å². The number of unbranched alkanes of at least 4 members (excludes halogenated alkanes) is 2. The van der Waals surface area contributed by atoms with Crippen molar-refractivity contribution in [3.05, 3.63) is 11.8 Å². The van der Waals surface area contributed by atoms with E-state index in [9.17, 15) is 9.90 Å². The molecule has 1 N–H and O–H groups in total. The van der Waals surface area contributed by atoms with Gasteiger partial charge in [-0.25, -0.2) is 4.79 Å². The Labute approximate surface area is 122 Å². The predicted molar refractivity (Wildman–Crippen MR) is 80.8 cm³/mol. The first kappa shape index (κ1) is 16.9. The molecule has 0 aromatic rings. The molecule has 1 saturated heterocycles. The number of likely N-dealkylation sites (tertiary alicyclic amines) is 1. The number of hydrogen-bond acceptors (Lipinski definition) is 3. The van der Waals surface area contributed by atoms with Crippen LogP contribution in [0.4, 0.5) is 4.79 Å². The smallest absolute Gasteiger partial charge is 0.410 e. The Morgan fingerprint density at radius 1 is 1.35 bits per heavy atom. The highest BCUT2D eigenvalue weighted by Crippen LogP contribution is 2.24. The maximum Gasteiger partial charge on any atom is 0.410 e. The topological polar surface area (TPSA) is 49.8 Å². The first-order valence-electron chi connectivity index (χ1n) is 7.70. The number of nitrogens with zero attached hydrogens (tertiary/aromatic N) is 1. The van der Waals surface area contributed by atoms with E-state index in [0.29, 0.717) is 18.8 Å². The molecular formula is C16H29NO3. The van der Waals surface area contributed by atoms with Crippen LogP contribution in [0.5, 0.6) is 0 Å². The molecule has 20 heavy (non-hydrogen) atoms. The van der Waals surface area contributed by atoms with Gasteiger partial charge >= 0.3 is 6.09 Å². The van der Waals surface area contributed by atoms with Crippen molar-refractivity contribution in [2.45, 2.75) is 65.4 Å². The fourth-order valence-corrected chi connectivity index (χ4v) is 2.31. The van der Waals surface area contributed by atoms with Gasteiger partial charge in [0, 0.05) is 19.0 Å². The van der Waals surface area contributed by atoms with E-state index in [2.05, 4.69) is 6.92 Å². The van der Waals surface area contributed by atoms with Crippen LogP contribution in [-0.2, 0) is 4.74 Å². The number of hydrogen-bond donors (Lipinski definition) is 1. The number of allylic oxidation sites excluding steroid dienone is 2. The third kappa shape index (κ3) is 5.85. The van der Waals surface area contributed by atoms with Crippen LogP contribution >= 0.6 is 0 Å². The number of ether oxygens (including phenoxy) is 1. The predicted octanol–water partition coefficient (Wildman–Crippen LogP) is 4.27. The molecule has 1 aliphatic rings. The molecule has 0 aliphatic carbocycles. The van der Waals surface area contributed by atoms with Crippen LogP contribution in [0.3, 0.4) is 0 Å². The van der Waals surface area contributed by atoms with E-state index in [-0.39, 0.29) is 12.0 Å². The van der Waals surface area contributed by atoms with Gasteiger partial charge in [0.25, 0.3) is 0 Å². The highest BCUT2D eigenvalue weighted by molar-refractivity contribution is 5.68. The van der Waals surface area contributed by atoms with Gasteiger partial charge in [0.05, 0.1) is 5.76 Å². The first-order valence-corrected chi connectivity index (χ1v) is 7.70. The van der Waals surface area contributed by atoms with Crippen LogP contribution in [0.15, 0.2) is 11.8 Å². The lowest BCUT2D eigenvalue weighted by atomic mass is 9.94. The van der Waals surface area contributed by atoms with Crippen molar-refractivity contribution >= 4 is 6.09 Å². The zero-order valence-electron chi connectivity index (χ0n) is 13.3. The summed E-state index contributed by atoms with van der Waals surface area (Å²) < 4.78 is 5.36. The SMILES string of the molecule is CCCCC=C(O)C1CCN(C(=O)OC(C)(C)C)CC1. The quantitative estimate of drug-likeness (QED) is 0.619. The van der Waals surface area contributed by atoms with Crippen molar-refractivity contribution in [3.63, 3.8) is 0 Å². The number of aliphatic hydroxyl groups excluding tert-OH is 1. The van der Waals surface area contributed by atoms with Gasteiger partial charge in [-0.05, 0) is 52.5 Å². The summed E-state index contributed by atoms with van der Waals surface area (Å²) in [5.74, 6) is 0.702. The summed E-state index contributed by atoms with van der Waals surface area (Å²) in [7, 11) is 0. The van der Waals surface area contributed by atoms with Crippen molar-refractivity contribution in [1.29, 1.82) is 0 Å². The normalized spacial score (nSPS) is 18.2. The van der Waals surface area contributed by atoms with E-state index in [1.54, 1.807) is 4.90 Å². The zero-order valence-corrected chi connectivity index (χ0v) is 13.3. The maximum atomic E-state index is 11.9. The second-order valence-electron chi connectivity index (χ2n) is 6.51. The number of piperidine rings is 1. The van der Waals surface area contributed by atoms with Gasteiger partial charge in [-0.2, -0.15) is 0 Å². The van der Waals surface area contributed by atoms with Crippen molar-refractivity contribution in [3.8, 4) is 0 Å². The molecule has 0 unspecified atom stereocenters. The van der Waals surface area contributed by atoms with E-state index in [1.807, 2.05) is 26.8 Å². The van der Waals surface area contributed by atoms with Crippen molar-refractivity contribution in [2.24, 2.45) is 5.92 Å². The van der Waals surface area contributed by atoms with Gasteiger partial charge in [-0.1, -0.05) is 13.3 Å². The number of carbonyl (C=O) groups is 1. The third-order valence-electron chi connectivity index (χ3n) is 3.48. The van der Waals surface area contributed by atoms with Gasteiger partial charge in [-0.15, -0.1) is 0 Å². The average Bonchev–Trinajstić information content (AvgIpc) is 2.37. The van der Waals surface area contributed by atoms with E-state index >= 15 is 0 Å². The van der Waals surface area contributed by atoms with Crippen LogP contribution in [0.1, 0.15) is 59.8 Å². The summed E-state index contributed by atoms with van der Waals surface area (Å²) in [6.45, 7) is 9.08. The lowest BCUT2D eigenvalue weighted by molar-refractivity contribution is 0.0182. The summed E-state index contributed by atoms with van der Waals surface area (Å²) in [5, 5.41) is 10.0. The molecule has 0 bridgehead atoms. The van der Waals surface area contributed by atoms with Crippen molar-refractivity contribution in [1.82, 2.24) is 4.90 Å². The zero-order chi connectivity index (χ0) is 15.2. The third-order valence-corrected chi connectivity index (χ3v) is 3.48. The van der Waals surface area contributed by atoms with Crippen molar-refractivity contribution < 1.29 is 14.6 Å². The molecule has 1 rings (SSSR count). The molecule has 0 aromatic heterocycles. The fraction of sp³-hybridized carbons (Fsp3) is 0.812. The number of carbonyl (C=O) groups excluding carboxylic acids is 1. The van der Waals surface area contributed by atoms with E-state index in [4.69, 9.17) is 4.74 Å². The van der Waals surface area contributed by atoms with E-state index in [0.717, 1.165) is 32.1 Å². The standard InChI is InChI=1S/C16H29NO3/c1-5-6-7-8-14(18)13-9-11-17(12-10-13)15(19)20-16(2,3)4/h8,13,18H,5-7,9-12H2,1-4H3. The maximum absolute atomic E-state index is 11.9. The fourth-order valence-electron chi connectivity index (χ4n) is 2.31. The summed E-state index contributed by atoms with van der Waals surface area (Å²) >= 11 is 0. The first-order chi connectivity index (χ1) is 9.33. The Hall–Kier alpha value is -1.19. The summed E-state index contributed by atoms with van der Waals surface area (Å²) in [6, 6.07) is 0. The second-order valence-corrected chi connectivity index (χ2v) is 6.51. The lowest BCUT2D eigenvalue weighted by Crippen LogP contribution is -2.42. The molecule has 116 valence electrons. The Morgan fingerprint density at radius 3 is 2.45 bits per heavy atom. The molecule has 0 atom stereocenters. The van der Waals surface area contributed by atoms with Gasteiger partial charge in [0.15, 0.2) is 0 Å². The monoisotopic (exact) mass is 283 g/mol. The Morgan fingerprint density at radius 2 is 1.95 bits per heavy atom.